The lowest BCUT2D eigenvalue weighted by Gasteiger charge is -2.36. The molecule has 6 nitrogen and oxygen atoms in total. The van der Waals surface area contributed by atoms with Crippen LogP contribution in [0.2, 0.25) is 0 Å². The smallest absolute Gasteiger partial charge is 0.226 e. The fourth-order valence-electron chi connectivity index (χ4n) is 2.85. The molecule has 0 saturated carbocycles. The van der Waals surface area contributed by atoms with E-state index in [1.54, 1.807) is 0 Å². The molecule has 0 aromatic carbocycles. The Labute approximate surface area is 112 Å². The molecular formula is C13H20N6. The first-order valence-electron chi connectivity index (χ1n) is 6.99. The first-order valence-corrected chi connectivity index (χ1v) is 6.99. The molecule has 19 heavy (non-hydrogen) atoms. The standard InChI is InChI=1S/C13H20N6/c1-3-9-6-4-5-7-19(9)12-10-8-15-18-11(10)16-13(14-2)17-12/h8-9H,3-7H2,1-2H3,(H2,14,15,16,17,18). The van der Waals surface area contributed by atoms with Gasteiger partial charge in [0.25, 0.3) is 0 Å². The number of nitrogens with zero attached hydrogens (tertiary/aromatic N) is 4. The summed E-state index contributed by atoms with van der Waals surface area (Å²) in [5, 5.41) is 11.1. The first-order chi connectivity index (χ1) is 9.33. The third-order valence-corrected chi connectivity index (χ3v) is 3.88. The second-order valence-corrected chi connectivity index (χ2v) is 5.00. The van der Waals surface area contributed by atoms with Crippen molar-refractivity contribution in [3.8, 4) is 0 Å². The maximum absolute atomic E-state index is 4.66. The summed E-state index contributed by atoms with van der Waals surface area (Å²) >= 11 is 0. The molecule has 2 N–H and O–H groups in total. The van der Waals surface area contributed by atoms with Gasteiger partial charge in [0.05, 0.1) is 11.6 Å². The minimum atomic E-state index is 0.575. The van der Waals surface area contributed by atoms with Crippen molar-refractivity contribution in [3.63, 3.8) is 0 Å². The predicted molar refractivity (Wildman–Crippen MR) is 76.5 cm³/mol. The van der Waals surface area contributed by atoms with Gasteiger partial charge in [-0.15, -0.1) is 0 Å². The summed E-state index contributed by atoms with van der Waals surface area (Å²) in [6, 6.07) is 0.575. The molecule has 6 heteroatoms. The molecule has 2 aromatic rings. The molecular weight excluding hydrogens is 240 g/mol. The molecule has 0 radical (unpaired) electrons. The van der Waals surface area contributed by atoms with Crippen LogP contribution in [0.15, 0.2) is 6.20 Å². The van der Waals surface area contributed by atoms with Crippen molar-refractivity contribution in [2.24, 2.45) is 0 Å². The van der Waals surface area contributed by atoms with Crippen LogP contribution in [-0.4, -0.2) is 39.8 Å². The highest BCUT2D eigenvalue weighted by Gasteiger charge is 2.24. The van der Waals surface area contributed by atoms with Crippen LogP contribution in [0.5, 0.6) is 0 Å². The minimum Gasteiger partial charge on any atom is -0.357 e. The van der Waals surface area contributed by atoms with Gasteiger partial charge in [-0.05, 0) is 25.7 Å². The van der Waals surface area contributed by atoms with Crippen LogP contribution in [0.25, 0.3) is 11.0 Å². The Hall–Kier alpha value is -1.85. The second-order valence-electron chi connectivity index (χ2n) is 5.00. The van der Waals surface area contributed by atoms with Crippen LogP contribution in [0, 0.1) is 0 Å². The predicted octanol–water partition coefficient (Wildman–Crippen LogP) is 2.16. The quantitative estimate of drug-likeness (QED) is 0.885. The lowest BCUT2D eigenvalue weighted by Crippen LogP contribution is -2.39. The number of anilines is 2. The van der Waals surface area contributed by atoms with Crippen molar-refractivity contribution in [1.82, 2.24) is 20.2 Å². The monoisotopic (exact) mass is 260 g/mol. The van der Waals surface area contributed by atoms with E-state index < -0.39 is 0 Å². The molecule has 0 aliphatic carbocycles. The van der Waals surface area contributed by atoms with Crippen molar-refractivity contribution >= 4 is 22.8 Å². The average molecular weight is 260 g/mol. The summed E-state index contributed by atoms with van der Waals surface area (Å²) in [4.78, 5) is 11.5. The summed E-state index contributed by atoms with van der Waals surface area (Å²) in [5.74, 6) is 1.65. The van der Waals surface area contributed by atoms with E-state index in [0.29, 0.717) is 12.0 Å². The van der Waals surface area contributed by atoms with Gasteiger partial charge in [-0.1, -0.05) is 6.92 Å². The van der Waals surface area contributed by atoms with Crippen LogP contribution in [-0.2, 0) is 0 Å². The van der Waals surface area contributed by atoms with E-state index in [4.69, 9.17) is 0 Å². The summed E-state index contributed by atoms with van der Waals surface area (Å²) in [6.07, 6.45) is 6.76. The Morgan fingerprint density at radius 1 is 1.42 bits per heavy atom. The Kier molecular flexibility index (Phi) is 3.23. The summed E-state index contributed by atoms with van der Waals surface area (Å²) in [6.45, 7) is 3.31. The van der Waals surface area contributed by atoms with Crippen LogP contribution < -0.4 is 10.2 Å². The molecule has 1 aliphatic rings. The lowest BCUT2D eigenvalue weighted by atomic mass is 10.00. The van der Waals surface area contributed by atoms with Gasteiger partial charge < -0.3 is 10.2 Å². The lowest BCUT2D eigenvalue weighted by molar-refractivity contribution is 0.448. The van der Waals surface area contributed by atoms with E-state index >= 15 is 0 Å². The third-order valence-electron chi connectivity index (χ3n) is 3.88. The number of rotatable bonds is 3. The van der Waals surface area contributed by atoms with Gasteiger partial charge in [-0.3, -0.25) is 5.10 Å². The van der Waals surface area contributed by atoms with Crippen LogP contribution in [0.3, 0.4) is 0 Å². The van der Waals surface area contributed by atoms with Crippen LogP contribution in [0.4, 0.5) is 11.8 Å². The zero-order valence-electron chi connectivity index (χ0n) is 11.5. The molecule has 0 bridgehead atoms. The Bertz CT molecular complexity index is 563. The zero-order valence-corrected chi connectivity index (χ0v) is 11.5. The fraction of sp³-hybridized carbons (Fsp3) is 0.615. The molecule has 1 aliphatic heterocycles. The van der Waals surface area contributed by atoms with E-state index in [1.807, 2.05) is 13.2 Å². The van der Waals surface area contributed by atoms with Crippen molar-refractivity contribution in [2.45, 2.75) is 38.6 Å². The van der Waals surface area contributed by atoms with E-state index in [-0.39, 0.29) is 0 Å². The summed E-state index contributed by atoms with van der Waals surface area (Å²) in [7, 11) is 1.84. The van der Waals surface area contributed by atoms with Gasteiger partial charge >= 0.3 is 0 Å². The number of hydrogen-bond donors (Lipinski definition) is 2. The summed E-state index contributed by atoms with van der Waals surface area (Å²) < 4.78 is 0. The average Bonchev–Trinajstić information content (AvgIpc) is 2.94. The molecule has 1 unspecified atom stereocenters. The van der Waals surface area contributed by atoms with Gasteiger partial charge in [0.1, 0.15) is 5.82 Å². The second kappa shape index (κ2) is 5.03. The number of aromatic nitrogens is 4. The third kappa shape index (κ3) is 2.11. The van der Waals surface area contributed by atoms with Crippen molar-refractivity contribution in [1.29, 1.82) is 0 Å². The van der Waals surface area contributed by atoms with E-state index in [0.717, 1.165) is 29.8 Å². The Morgan fingerprint density at radius 3 is 3.11 bits per heavy atom. The van der Waals surface area contributed by atoms with Crippen LogP contribution >= 0.6 is 0 Å². The molecule has 3 rings (SSSR count). The minimum absolute atomic E-state index is 0.575. The number of fused-ring (bicyclic) bond motifs is 1. The van der Waals surface area contributed by atoms with Crippen molar-refractivity contribution in [3.05, 3.63) is 6.20 Å². The topological polar surface area (TPSA) is 69.7 Å². The van der Waals surface area contributed by atoms with Gasteiger partial charge in [-0.25, -0.2) is 0 Å². The molecule has 102 valence electrons. The van der Waals surface area contributed by atoms with Gasteiger partial charge in [0.2, 0.25) is 5.95 Å². The normalized spacial score (nSPS) is 19.9. The molecule has 0 spiro atoms. The number of hydrogen-bond acceptors (Lipinski definition) is 5. The van der Waals surface area contributed by atoms with Gasteiger partial charge in [0, 0.05) is 19.6 Å². The van der Waals surface area contributed by atoms with Gasteiger partial charge in [-0.2, -0.15) is 15.1 Å². The number of aromatic amines is 1. The van der Waals surface area contributed by atoms with Crippen molar-refractivity contribution in [2.75, 3.05) is 23.8 Å². The zero-order chi connectivity index (χ0) is 13.2. The SMILES string of the molecule is CCC1CCCCN1c1nc(NC)nc2[nH]ncc12. The van der Waals surface area contributed by atoms with E-state index in [2.05, 4.69) is 37.3 Å². The van der Waals surface area contributed by atoms with Gasteiger partial charge in [0.15, 0.2) is 5.65 Å². The Morgan fingerprint density at radius 2 is 2.32 bits per heavy atom. The maximum atomic E-state index is 4.66. The maximum Gasteiger partial charge on any atom is 0.226 e. The molecule has 0 amide bonds. The largest absolute Gasteiger partial charge is 0.357 e. The highest BCUT2D eigenvalue weighted by Crippen LogP contribution is 2.30. The number of piperidine rings is 1. The highest BCUT2D eigenvalue weighted by molar-refractivity contribution is 5.87. The van der Waals surface area contributed by atoms with E-state index in [1.165, 1.54) is 19.3 Å². The molecule has 1 fully saturated rings. The molecule has 1 saturated heterocycles. The van der Waals surface area contributed by atoms with Crippen LogP contribution in [0.1, 0.15) is 32.6 Å². The number of nitrogens with one attached hydrogen (secondary N) is 2. The fourth-order valence-corrected chi connectivity index (χ4v) is 2.85. The summed E-state index contributed by atoms with van der Waals surface area (Å²) in [5.41, 5.74) is 0.801. The Balaban J connectivity index is 2.08. The molecule has 3 heterocycles. The number of H-pyrrole nitrogens is 1. The molecule has 1 atom stereocenters. The van der Waals surface area contributed by atoms with Crippen molar-refractivity contribution < 1.29 is 0 Å². The highest BCUT2D eigenvalue weighted by atomic mass is 15.3. The molecule has 2 aromatic heterocycles. The van der Waals surface area contributed by atoms with E-state index in [9.17, 15) is 0 Å². The first kappa shape index (κ1) is 12.2.